The number of ether oxygens (including phenoxy) is 1. The average molecular weight is 231 g/mol. The molecule has 0 aromatic carbocycles. The smallest absolute Gasteiger partial charge is 0.304 e. The fraction of sp³-hybridized carbons (Fsp3) is 0.917. The van der Waals surface area contributed by atoms with Crippen molar-refractivity contribution in [3.8, 4) is 0 Å². The molecule has 0 aliphatic carbocycles. The molecule has 0 saturated heterocycles. The van der Waals surface area contributed by atoms with Gasteiger partial charge < -0.3 is 14.7 Å². The highest BCUT2D eigenvalue weighted by Crippen LogP contribution is 2.14. The lowest BCUT2D eigenvalue weighted by Gasteiger charge is -2.30. The molecule has 16 heavy (non-hydrogen) atoms. The van der Waals surface area contributed by atoms with Crippen LogP contribution in [0.2, 0.25) is 0 Å². The Morgan fingerprint density at radius 2 is 1.94 bits per heavy atom. The van der Waals surface area contributed by atoms with Crippen LogP contribution in [-0.2, 0) is 9.53 Å². The molecule has 0 aromatic rings. The van der Waals surface area contributed by atoms with Gasteiger partial charge in [-0.05, 0) is 34.1 Å². The van der Waals surface area contributed by atoms with Crippen LogP contribution in [0.4, 0.5) is 0 Å². The second kappa shape index (κ2) is 6.86. The van der Waals surface area contributed by atoms with Gasteiger partial charge in [0, 0.05) is 26.2 Å². The highest BCUT2D eigenvalue weighted by atomic mass is 16.5. The van der Waals surface area contributed by atoms with Gasteiger partial charge in [0.05, 0.1) is 12.0 Å². The summed E-state index contributed by atoms with van der Waals surface area (Å²) in [6, 6.07) is 0.368. The van der Waals surface area contributed by atoms with Crippen molar-refractivity contribution in [1.29, 1.82) is 0 Å². The average Bonchev–Trinajstić information content (AvgIpc) is 2.16. The number of carboxylic acid groups (broad SMARTS) is 1. The zero-order valence-corrected chi connectivity index (χ0v) is 11.1. The van der Waals surface area contributed by atoms with E-state index in [9.17, 15) is 4.79 Å². The summed E-state index contributed by atoms with van der Waals surface area (Å²) >= 11 is 0. The summed E-state index contributed by atoms with van der Waals surface area (Å²) < 4.78 is 5.35. The van der Waals surface area contributed by atoms with Crippen molar-refractivity contribution >= 4 is 5.97 Å². The van der Waals surface area contributed by atoms with Gasteiger partial charge in [0.1, 0.15) is 0 Å². The summed E-state index contributed by atoms with van der Waals surface area (Å²) in [5.41, 5.74) is -0.142. The van der Waals surface area contributed by atoms with E-state index in [4.69, 9.17) is 9.84 Å². The van der Waals surface area contributed by atoms with Crippen LogP contribution in [-0.4, -0.2) is 47.8 Å². The molecule has 0 aliphatic heterocycles. The number of rotatable bonds is 8. The van der Waals surface area contributed by atoms with E-state index < -0.39 is 5.97 Å². The van der Waals surface area contributed by atoms with Crippen LogP contribution in [0.15, 0.2) is 0 Å². The minimum Gasteiger partial charge on any atom is -0.481 e. The van der Waals surface area contributed by atoms with Crippen LogP contribution in [0, 0.1) is 0 Å². The van der Waals surface area contributed by atoms with Gasteiger partial charge in [-0.3, -0.25) is 4.79 Å². The SMILES string of the molecule is COC(C)(C)CCN(CCC(=O)O)C(C)C. The van der Waals surface area contributed by atoms with Crippen molar-refractivity contribution in [3.63, 3.8) is 0 Å². The highest BCUT2D eigenvalue weighted by molar-refractivity contribution is 5.66. The zero-order chi connectivity index (χ0) is 12.8. The third kappa shape index (κ3) is 6.80. The second-order valence-electron chi connectivity index (χ2n) is 4.99. The number of nitrogens with zero attached hydrogens (tertiary/aromatic N) is 1. The minimum absolute atomic E-state index is 0.142. The highest BCUT2D eigenvalue weighted by Gasteiger charge is 2.19. The summed E-state index contributed by atoms with van der Waals surface area (Å²) in [6.45, 7) is 9.73. The van der Waals surface area contributed by atoms with Crippen molar-refractivity contribution in [1.82, 2.24) is 4.90 Å². The van der Waals surface area contributed by atoms with Gasteiger partial charge in [0.2, 0.25) is 0 Å². The van der Waals surface area contributed by atoms with Crippen molar-refractivity contribution < 1.29 is 14.6 Å². The molecule has 0 bridgehead atoms. The lowest BCUT2D eigenvalue weighted by atomic mass is 10.0. The Morgan fingerprint density at radius 3 is 2.31 bits per heavy atom. The first kappa shape index (κ1) is 15.4. The molecule has 1 N–H and O–H groups in total. The Kier molecular flexibility index (Phi) is 6.60. The van der Waals surface area contributed by atoms with E-state index in [2.05, 4.69) is 18.7 Å². The molecule has 4 nitrogen and oxygen atoms in total. The summed E-state index contributed by atoms with van der Waals surface area (Å²) in [4.78, 5) is 12.7. The van der Waals surface area contributed by atoms with Crippen LogP contribution >= 0.6 is 0 Å². The van der Waals surface area contributed by atoms with Gasteiger partial charge in [0.15, 0.2) is 0 Å². The Hall–Kier alpha value is -0.610. The molecule has 0 amide bonds. The molecule has 0 radical (unpaired) electrons. The Labute approximate surface area is 98.6 Å². The Morgan fingerprint density at radius 1 is 1.38 bits per heavy atom. The quantitative estimate of drug-likeness (QED) is 0.694. The number of carboxylic acids is 1. The van der Waals surface area contributed by atoms with Gasteiger partial charge in [-0.15, -0.1) is 0 Å². The number of hydrogen-bond donors (Lipinski definition) is 1. The summed E-state index contributed by atoms with van der Waals surface area (Å²) in [6.07, 6.45) is 1.10. The summed E-state index contributed by atoms with van der Waals surface area (Å²) in [7, 11) is 1.71. The Balaban J connectivity index is 4.09. The molecule has 0 spiro atoms. The number of hydrogen-bond acceptors (Lipinski definition) is 3. The molecule has 0 aromatic heterocycles. The van der Waals surface area contributed by atoms with Crippen molar-refractivity contribution in [2.45, 2.75) is 52.2 Å². The van der Waals surface area contributed by atoms with E-state index in [-0.39, 0.29) is 12.0 Å². The van der Waals surface area contributed by atoms with Gasteiger partial charge >= 0.3 is 5.97 Å². The van der Waals surface area contributed by atoms with E-state index in [0.29, 0.717) is 12.6 Å². The standard InChI is InChI=1S/C12H25NO3/c1-10(2)13(8-6-11(14)15)9-7-12(3,4)16-5/h10H,6-9H2,1-5H3,(H,14,15). The van der Waals surface area contributed by atoms with Gasteiger partial charge in [-0.2, -0.15) is 0 Å². The van der Waals surface area contributed by atoms with E-state index >= 15 is 0 Å². The molecule has 0 atom stereocenters. The largest absolute Gasteiger partial charge is 0.481 e. The second-order valence-corrected chi connectivity index (χ2v) is 4.99. The monoisotopic (exact) mass is 231 g/mol. The summed E-state index contributed by atoms with van der Waals surface area (Å²) in [5, 5.41) is 8.67. The molecule has 0 saturated carbocycles. The predicted octanol–water partition coefficient (Wildman–Crippen LogP) is 1.99. The first-order valence-corrected chi connectivity index (χ1v) is 5.79. The molecular weight excluding hydrogens is 206 g/mol. The maximum Gasteiger partial charge on any atom is 0.304 e. The normalized spacial score (nSPS) is 12.4. The van der Waals surface area contributed by atoms with E-state index in [1.807, 2.05) is 13.8 Å². The lowest BCUT2D eigenvalue weighted by Crippen LogP contribution is -2.37. The maximum atomic E-state index is 10.5. The van der Waals surface area contributed by atoms with Gasteiger partial charge in [0.25, 0.3) is 0 Å². The molecule has 0 aliphatic rings. The fourth-order valence-electron chi connectivity index (χ4n) is 1.38. The van der Waals surface area contributed by atoms with Crippen LogP contribution < -0.4 is 0 Å². The van der Waals surface area contributed by atoms with Crippen molar-refractivity contribution in [2.24, 2.45) is 0 Å². The van der Waals surface area contributed by atoms with E-state index in [1.54, 1.807) is 7.11 Å². The van der Waals surface area contributed by atoms with E-state index in [1.165, 1.54) is 0 Å². The third-order valence-corrected chi connectivity index (χ3v) is 2.90. The van der Waals surface area contributed by atoms with Crippen molar-refractivity contribution in [3.05, 3.63) is 0 Å². The predicted molar refractivity (Wildman–Crippen MR) is 64.7 cm³/mol. The van der Waals surface area contributed by atoms with Crippen LogP contribution in [0.1, 0.15) is 40.5 Å². The third-order valence-electron chi connectivity index (χ3n) is 2.90. The maximum absolute atomic E-state index is 10.5. The minimum atomic E-state index is -0.739. The fourth-order valence-corrected chi connectivity index (χ4v) is 1.38. The molecule has 96 valence electrons. The van der Waals surface area contributed by atoms with Crippen LogP contribution in [0.5, 0.6) is 0 Å². The molecule has 0 unspecified atom stereocenters. The van der Waals surface area contributed by atoms with E-state index in [0.717, 1.165) is 13.0 Å². The molecule has 0 fully saturated rings. The summed E-state index contributed by atoms with van der Waals surface area (Å²) in [5.74, 6) is -0.739. The van der Waals surface area contributed by atoms with Gasteiger partial charge in [-0.25, -0.2) is 0 Å². The lowest BCUT2D eigenvalue weighted by molar-refractivity contribution is -0.137. The topological polar surface area (TPSA) is 49.8 Å². The zero-order valence-electron chi connectivity index (χ0n) is 11.1. The molecule has 0 heterocycles. The first-order valence-electron chi connectivity index (χ1n) is 5.79. The number of methoxy groups -OCH3 is 1. The van der Waals surface area contributed by atoms with Crippen LogP contribution in [0.3, 0.4) is 0 Å². The van der Waals surface area contributed by atoms with Crippen LogP contribution in [0.25, 0.3) is 0 Å². The van der Waals surface area contributed by atoms with Gasteiger partial charge in [-0.1, -0.05) is 0 Å². The van der Waals surface area contributed by atoms with Crippen molar-refractivity contribution in [2.75, 3.05) is 20.2 Å². The Bertz CT molecular complexity index is 214. The molecular formula is C12H25NO3. The number of carbonyl (C=O) groups is 1. The molecule has 0 rings (SSSR count). The first-order chi connectivity index (χ1) is 7.28. The number of aliphatic carboxylic acids is 1. The molecule has 4 heteroatoms.